The average Bonchev–Trinajstić information content (AvgIpc) is 2.89. The van der Waals surface area contributed by atoms with Crippen LogP contribution < -0.4 is 0 Å². The fourth-order valence-electron chi connectivity index (χ4n) is 5.59. The molecule has 1 atom stereocenters. The highest BCUT2D eigenvalue weighted by molar-refractivity contribution is 5.69. The fourth-order valence-corrected chi connectivity index (χ4v) is 5.59. The molecule has 0 aliphatic heterocycles. The Morgan fingerprint density at radius 1 is 0.676 bits per heavy atom. The Labute approximate surface area is 208 Å². The second-order valence-corrected chi connectivity index (χ2v) is 10.5. The van der Waals surface area contributed by atoms with Gasteiger partial charge in [0, 0.05) is 0 Å². The monoisotopic (exact) mass is 450 g/mol. The lowest BCUT2D eigenvalue weighted by Crippen LogP contribution is -2.15. The van der Waals surface area contributed by atoms with Crippen molar-refractivity contribution in [2.24, 2.45) is 11.8 Å². The van der Waals surface area contributed by atoms with Gasteiger partial charge in [-0.2, -0.15) is 0 Å². The zero-order valence-corrected chi connectivity index (χ0v) is 21.3. The maximum atomic E-state index is 2.33. The van der Waals surface area contributed by atoms with Gasteiger partial charge < -0.3 is 0 Å². The summed E-state index contributed by atoms with van der Waals surface area (Å²) < 4.78 is 0. The molecule has 1 saturated carbocycles. The zero-order valence-electron chi connectivity index (χ0n) is 21.3. The second-order valence-electron chi connectivity index (χ2n) is 10.5. The van der Waals surface area contributed by atoms with Gasteiger partial charge in [-0.05, 0) is 64.8 Å². The lowest BCUT2D eigenvalue weighted by Gasteiger charge is -2.28. The minimum absolute atomic E-state index is 0.539. The van der Waals surface area contributed by atoms with Crippen molar-refractivity contribution in [1.82, 2.24) is 0 Å². The molecule has 3 aromatic rings. The van der Waals surface area contributed by atoms with Crippen molar-refractivity contribution in [2.45, 2.75) is 77.6 Å². The molecule has 1 aliphatic carbocycles. The molecule has 1 fully saturated rings. The highest BCUT2D eigenvalue weighted by Crippen LogP contribution is 2.33. The van der Waals surface area contributed by atoms with Gasteiger partial charge in [0.1, 0.15) is 0 Å². The highest BCUT2D eigenvalue weighted by Gasteiger charge is 2.20. The molecule has 0 nitrogen and oxygen atoms in total. The van der Waals surface area contributed by atoms with Gasteiger partial charge in [-0.15, -0.1) is 0 Å². The molecule has 0 bridgehead atoms. The van der Waals surface area contributed by atoms with Crippen LogP contribution in [0.4, 0.5) is 0 Å². The maximum absolute atomic E-state index is 2.33. The summed E-state index contributed by atoms with van der Waals surface area (Å²) in [5.41, 5.74) is 6.85. The SMILES string of the molecule is CCCC1CCC(CCc2ccc(/C=C/c3ccc(CC(C)c4ccccc4)cc3)cc2)CC1. The predicted molar refractivity (Wildman–Crippen MR) is 149 cm³/mol. The van der Waals surface area contributed by atoms with E-state index in [1.165, 1.54) is 79.2 Å². The van der Waals surface area contributed by atoms with Gasteiger partial charge in [-0.3, -0.25) is 0 Å². The summed E-state index contributed by atoms with van der Waals surface area (Å²) >= 11 is 0. The highest BCUT2D eigenvalue weighted by atomic mass is 14.3. The third kappa shape index (κ3) is 7.45. The van der Waals surface area contributed by atoms with Gasteiger partial charge in [-0.1, -0.05) is 143 Å². The third-order valence-corrected chi connectivity index (χ3v) is 7.84. The molecule has 3 aromatic carbocycles. The lowest BCUT2D eigenvalue weighted by molar-refractivity contribution is 0.252. The second kappa shape index (κ2) is 12.7. The first-order chi connectivity index (χ1) is 16.7. The first kappa shape index (κ1) is 24.5. The number of hydrogen-bond donors (Lipinski definition) is 0. The number of aryl methyl sites for hydroxylation is 1. The maximum Gasteiger partial charge on any atom is -0.0150 e. The third-order valence-electron chi connectivity index (χ3n) is 7.84. The van der Waals surface area contributed by atoms with E-state index in [0.29, 0.717) is 5.92 Å². The fraction of sp³-hybridized carbons (Fsp3) is 0.412. The van der Waals surface area contributed by atoms with Gasteiger partial charge in [0.15, 0.2) is 0 Å². The molecule has 1 aliphatic rings. The molecule has 1 unspecified atom stereocenters. The molecule has 34 heavy (non-hydrogen) atoms. The summed E-state index contributed by atoms with van der Waals surface area (Å²) in [6.07, 6.45) is 16.8. The van der Waals surface area contributed by atoms with E-state index >= 15 is 0 Å². The molecule has 0 heterocycles. The van der Waals surface area contributed by atoms with Crippen LogP contribution in [0.15, 0.2) is 78.9 Å². The first-order valence-electron chi connectivity index (χ1n) is 13.6. The number of rotatable bonds is 10. The Bertz CT molecular complexity index is 986. The molecule has 0 aromatic heterocycles. The topological polar surface area (TPSA) is 0 Å². The minimum atomic E-state index is 0.539. The largest absolute Gasteiger partial charge is 0.0654 e. The molecule has 4 rings (SSSR count). The van der Waals surface area contributed by atoms with Crippen LogP contribution in [0, 0.1) is 11.8 Å². The molecule has 0 amide bonds. The molecule has 178 valence electrons. The van der Waals surface area contributed by atoms with Gasteiger partial charge in [0.05, 0.1) is 0 Å². The van der Waals surface area contributed by atoms with Crippen molar-refractivity contribution in [3.63, 3.8) is 0 Å². The van der Waals surface area contributed by atoms with Crippen molar-refractivity contribution in [2.75, 3.05) is 0 Å². The van der Waals surface area contributed by atoms with Crippen LogP contribution in [0.3, 0.4) is 0 Å². The van der Waals surface area contributed by atoms with Gasteiger partial charge in [0.25, 0.3) is 0 Å². The quantitative estimate of drug-likeness (QED) is 0.270. The van der Waals surface area contributed by atoms with Crippen molar-refractivity contribution >= 4 is 12.2 Å². The Balaban J connectivity index is 1.23. The first-order valence-corrected chi connectivity index (χ1v) is 13.6. The summed E-state index contributed by atoms with van der Waals surface area (Å²) in [7, 11) is 0. The smallest absolute Gasteiger partial charge is 0.0150 e. The van der Waals surface area contributed by atoms with E-state index in [2.05, 4.69) is 105 Å². The van der Waals surface area contributed by atoms with Crippen molar-refractivity contribution in [1.29, 1.82) is 0 Å². The Morgan fingerprint density at radius 2 is 1.21 bits per heavy atom. The van der Waals surface area contributed by atoms with Crippen LogP contribution >= 0.6 is 0 Å². The molecular formula is C34H42. The molecule has 0 N–H and O–H groups in total. The summed E-state index contributed by atoms with van der Waals surface area (Å²) in [6.45, 7) is 4.64. The summed E-state index contributed by atoms with van der Waals surface area (Å²) in [4.78, 5) is 0. The summed E-state index contributed by atoms with van der Waals surface area (Å²) in [5.74, 6) is 2.50. The van der Waals surface area contributed by atoms with Crippen molar-refractivity contribution < 1.29 is 0 Å². The van der Waals surface area contributed by atoms with Crippen molar-refractivity contribution in [3.05, 3.63) is 107 Å². The van der Waals surface area contributed by atoms with Crippen molar-refractivity contribution in [3.8, 4) is 0 Å². The molecule has 0 spiro atoms. The zero-order chi connectivity index (χ0) is 23.6. The van der Waals surface area contributed by atoms with Crippen LogP contribution in [0.25, 0.3) is 12.2 Å². The van der Waals surface area contributed by atoms with Crippen LogP contribution in [0.2, 0.25) is 0 Å². The van der Waals surface area contributed by atoms with Crippen LogP contribution in [-0.4, -0.2) is 0 Å². The van der Waals surface area contributed by atoms with Crippen LogP contribution in [0.5, 0.6) is 0 Å². The van der Waals surface area contributed by atoms with Gasteiger partial charge in [-0.25, -0.2) is 0 Å². The van der Waals surface area contributed by atoms with Gasteiger partial charge in [0.2, 0.25) is 0 Å². The van der Waals surface area contributed by atoms with E-state index in [1.807, 2.05) is 0 Å². The van der Waals surface area contributed by atoms with Crippen LogP contribution in [-0.2, 0) is 12.8 Å². The van der Waals surface area contributed by atoms with E-state index in [4.69, 9.17) is 0 Å². The van der Waals surface area contributed by atoms with Crippen LogP contribution in [0.1, 0.15) is 92.5 Å². The van der Waals surface area contributed by atoms with E-state index in [0.717, 1.165) is 18.3 Å². The van der Waals surface area contributed by atoms with E-state index < -0.39 is 0 Å². The molecular weight excluding hydrogens is 408 g/mol. The molecule has 0 heteroatoms. The van der Waals surface area contributed by atoms with Gasteiger partial charge >= 0.3 is 0 Å². The van der Waals surface area contributed by atoms with E-state index in [9.17, 15) is 0 Å². The summed E-state index contributed by atoms with van der Waals surface area (Å²) in [6, 6.07) is 29.1. The Hall–Kier alpha value is -2.60. The molecule has 0 radical (unpaired) electrons. The number of hydrogen-bond acceptors (Lipinski definition) is 0. The normalized spacial score (nSPS) is 19.4. The summed E-state index contributed by atoms with van der Waals surface area (Å²) in [5, 5.41) is 0. The standard InChI is InChI=1S/C34H42/c1-3-7-28-10-12-29(13-11-28)14-15-30-16-18-31(19-17-30)20-21-32-22-24-33(25-23-32)26-27(2)34-8-5-4-6-9-34/h4-6,8-9,16-25,27-29H,3,7,10-15,26H2,1-2H3/b21-20+. The van der Waals surface area contributed by atoms with E-state index in [-0.39, 0.29) is 0 Å². The van der Waals surface area contributed by atoms with E-state index in [1.54, 1.807) is 0 Å². The predicted octanol–water partition coefficient (Wildman–Crippen LogP) is 9.74. The Kier molecular flexibility index (Phi) is 9.19. The molecule has 0 saturated heterocycles. The number of benzene rings is 3. The average molecular weight is 451 g/mol. The Morgan fingerprint density at radius 3 is 1.76 bits per heavy atom. The lowest BCUT2D eigenvalue weighted by atomic mass is 9.78. The minimum Gasteiger partial charge on any atom is -0.0654 e.